The highest BCUT2D eigenvalue weighted by atomic mass is 79.9. The Bertz CT molecular complexity index is 690. The molecule has 0 atom stereocenters. The van der Waals surface area contributed by atoms with Crippen LogP contribution in [0.15, 0.2) is 28.9 Å². The minimum Gasteiger partial charge on any atom is -0.357 e. The van der Waals surface area contributed by atoms with Crippen LogP contribution >= 0.6 is 38.6 Å². The fourth-order valence-electron chi connectivity index (χ4n) is 1.63. The lowest BCUT2D eigenvalue weighted by Crippen LogP contribution is -1.96. The van der Waals surface area contributed by atoms with Gasteiger partial charge in [-0.25, -0.2) is 9.97 Å². The third kappa shape index (κ3) is 2.55. The SMILES string of the molecule is Cc1ncc(CNc2nc3cc(Br)ccc3s2)s1. The predicted molar refractivity (Wildman–Crippen MR) is 81.5 cm³/mol. The van der Waals surface area contributed by atoms with E-state index in [9.17, 15) is 0 Å². The molecule has 3 rings (SSSR count). The molecule has 0 radical (unpaired) electrons. The van der Waals surface area contributed by atoms with Crippen LogP contribution in [-0.4, -0.2) is 9.97 Å². The van der Waals surface area contributed by atoms with Gasteiger partial charge in [0, 0.05) is 15.5 Å². The smallest absolute Gasteiger partial charge is 0.184 e. The summed E-state index contributed by atoms with van der Waals surface area (Å²) in [6.07, 6.45) is 1.91. The summed E-state index contributed by atoms with van der Waals surface area (Å²) < 4.78 is 2.26. The molecule has 0 aliphatic rings. The molecular formula is C12H10BrN3S2. The average molecular weight is 340 g/mol. The molecule has 0 amide bonds. The normalized spacial score (nSPS) is 11.0. The van der Waals surface area contributed by atoms with Crippen molar-refractivity contribution in [1.82, 2.24) is 9.97 Å². The Hall–Kier alpha value is -0.980. The number of hydrogen-bond donors (Lipinski definition) is 1. The van der Waals surface area contributed by atoms with Crippen LogP contribution in [0, 0.1) is 6.92 Å². The predicted octanol–water partition coefficient (Wildman–Crippen LogP) is 4.44. The standard InChI is InChI=1S/C12H10BrN3S2/c1-7-14-5-9(17-7)6-15-12-16-10-4-8(13)2-3-11(10)18-12/h2-5H,6H2,1H3,(H,15,16). The molecule has 0 bridgehead atoms. The largest absolute Gasteiger partial charge is 0.357 e. The number of aryl methyl sites for hydroxylation is 1. The van der Waals surface area contributed by atoms with Crippen LogP contribution in [-0.2, 0) is 6.54 Å². The van der Waals surface area contributed by atoms with E-state index < -0.39 is 0 Å². The number of aromatic nitrogens is 2. The van der Waals surface area contributed by atoms with Crippen LogP contribution in [0.4, 0.5) is 5.13 Å². The number of nitrogens with one attached hydrogen (secondary N) is 1. The molecule has 0 fully saturated rings. The maximum absolute atomic E-state index is 4.56. The zero-order chi connectivity index (χ0) is 12.5. The van der Waals surface area contributed by atoms with Crippen molar-refractivity contribution in [2.24, 2.45) is 0 Å². The second kappa shape index (κ2) is 4.95. The van der Waals surface area contributed by atoms with Gasteiger partial charge in [-0.05, 0) is 25.1 Å². The number of thiazole rings is 2. The minimum absolute atomic E-state index is 0.784. The first kappa shape index (κ1) is 12.1. The number of halogens is 1. The van der Waals surface area contributed by atoms with Gasteiger partial charge in [-0.1, -0.05) is 27.3 Å². The summed E-state index contributed by atoms with van der Waals surface area (Å²) in [5.74, 6) is 0. The van der Waals surface area contributed by atoms with E-state index in [1.807, 2.05) is 25.3 Å². The molecule has 92 valence electrons. The van der Waals surface area contributed by atoms with Crippen molar-refractivity contribution in [1.29, 1.82) is 0 Å². The van der Waals surface area contributed by atoms with Crippen LogP contribution in [0.5, 0.6) is 0 Å². The molecule has 1 N–H and O–H groups in total. The molecular weight excluding hydrogens is 330 g/mol. The fraction of sp³-hybridized carbons (Fsp3) is 0.167. The molecule has 0 unspecified atom stereocenters. The third-order valence-corrected chi connectivity index (χ3v) is 4.83. The van der Waals surface area contributed by atoms with Gasteiger partial charge in [0.05, 0.1) is 21.8 Å². The van der Waals surface area contributed by atoms with E-state index in [1.165, 1.54) is 9.58 Å². The highest BCUT2D eigenvalue weighted by Gasteiger charge is 2.04. The van der Waals surface area contributed by atoms with Crippen molar-refractivity contribution in [2.45, 2.75) is 13.5 Å². The number of benzene rings is 1. The van der Waals surface area contributed by atoms with Gasteiger partial charge in [0.2, 0.25) is 0 Å². The van der Waals surface area contributed by atoms with E-state index >= 15 is 0 Å². The number of nitrogens with zero attached hydrogens (tertiary/aromatic N) is 2. The second-order valence-electron chi connectivity index (χ2n) is 3.83. The number of fused-ring (bicyclic) bond motifs is 1. The molecule has 0 saturated carbocycles. The summed E-state index contributed by atoms with van der Waals surface area (Å²) in [6.45, 7) is 2.80. The first-order valence-electron chi connectivity index (χ1n) is 5.42. The van der Waals surface area contributed by atoms with Crippen LogP contribution in [0.1, 0.15) is 9.88 Å². The van der Waals surface area contributed by atoms with Crippen molar-refractivity contribution in [3.8, 4) is 0 Å². The Kier molecular flexibility index (Phi) is 3.32. The number of hydrogen-bond acceptors (Lipinski definition) is 5. The Morgan fingerprint density at radius 2 is 2.22 bits per heavy atom. The van der Waals surface area contributed by atoms with Crippen molar-refractivity contribution >= 4 is 54.0 Å². The van der Waals surface area contributed by atoms with Crippen molar-refractivity contribution in [3.05, 3.63) is 38.8 Å². The maximum Gasteiger partial charge on any atom is 0.184 e. The molecule has 3 aromatic rings. The van der Waals surface area contributed by atoms with E-state index in [-0.39, 0.29) is 0 Å². The van der Waals surface area contributed by atoms with Crippen LogP contribution in [0.3, 0.4) is 0 Å². The molecule has 0 aliphatic heterocycles. The van der Waals surface area contributed by atoms with Gasteiger partial charge in [0.1, 0.15) is 0 Å². The van der Waals surface area contributed by atoms with Crippen molar-refractivity contribution < 1.29 is 0 Å². The first-order valence-corrected chi connectivity index (χ1v) is 7.84. The highest BCUT2D eigenvalue weighted by molar-refractivity contribution is 9.10. The Morgan fingerprint density at radius 1 is 1.33 bits per heavy atom. The molecule has 0 saturated heterocycles. The summed E-state index contributed by atoms with van der Waals surface area (Å²) in [4.78, 5) is 10.0. The van der Waals surface area contributed by atoms with Gasteiger partial charge < -0.3 is 5.32 Å². The topological polar surface area (TPSA) is 37.8 Å². The summed E-state index contributed by atoms with van der Waals surface area (Å²) in [6, 6.07) is 6.16. The third-order valence-electron chi connectivity index (χ3n) is 2.43. The Labute approximate surface area is 121 Å². The van der Waals surface area contributed by atoms with E-state index in [4.69, 9.17) is 0 Å². The van der Waals surface area contributed by atoms with Gasteiger partial charge in [-0.2, -0.15) is 0 Å². The summed E-state index contributed by atoms with van der Waals surface area (Å²) in [5.41, 5.74) is 1.03. The summed E-state index contributed by atoms with van der Waals surface area (Å²) in [7, 11) is 0. The zero-order valence-electron chi connectivity index (χ0n) is 9.61. The van der Waals surface area contributed by atoms with E-state index in [2.05, 4.69) is 37.3 Å². The van der Waals surface area contributed by atoms with E-state index in [1.54, 1.807) is 22.7 Å². The highest BCUT2D eigenvalue weighted by Crippen LogP contribution is 2.28. The van der Waals surface area contributed by atoms with Gasteiger partial charge in [0.15, 0.2) is 5.13 Å². The van der Waals surface area contributed by atoms with Crippen LogP contribution < -0.4 is 5.32 Å². The molecule has 18 heavy (non-hydrogen) atoms. The number of anilines is 1. The minimum atomic E-state index is 0.784. The van der Waals surface area contributed by atoms with Crippen molar-refractivity contribution in [2.75, 3.05) is 5.32 Å². The second-order valence-corrected chi connectivity index (χ2v) is 7.10. The molecule has 2 heterocycles. The van der Waals surface area contributed by atoms with E-state index in [0.717, 1.165) is 26.7 Å². The quantitative estimate of drug-likeness (QED) is 0.766. The average Bonchev–Trinajstić information content (AvgIpc) is 2.92. The summed E-state index contributed by atoms with van der Waals surface area (Å²) >= 11 is 6.84. The molecule has 2 aromatic heterocycles. The zero-order valence-corrected chi connectivity index (χ0v) is 12.8. The van der Waals surface area contributed by atoms with Gasteiger partial charge in [-0.15, -0.1) is 11.3 Å². The molecule has 1 aromatic carbocycles. The monoisotopic (exact) mass is 339 g/mol. The van der Waals surface area contributed by atoms with Crippen molar-refractivity contribution in [3.63, 3.8) is 0 Å². The maximum atomic E-state index is 4.56. The number of rotatable bonds is 3. The fourth-order valence-corrected chi connectivity index (χ4v) is 3.55. The lowest BCUT2D eigenvalue weighted by molar-refractivity contribution is 1.16. The molecule has 0 spiro atoms. The lowest BCUT2D eigenvalue weighted by Gasteiger charge is -1.97. The van der Waals surface area contributed by atoms with Gasteiger partial charge in [0.25, 0.3) is 0 Å². The lowest BCUT2D eigenvalue weighted by atomic mass is 10.3. The van der Waals surface area contributed by atoms with Gasteiger partial charge in [-0.3, -0.25) is 0 Å². The van der Waals surface area contributed by atoms with Crippen LogP contribution in [0.25, 0.3) is 10.2 Å². The Morgan fingerprint density at radius 3 is 3.00 bits per heavy atom. The van der Waals surface area contributed by atoms with E-state index in [0.29, 0.717) is 0 Å². The Balaban J connectivity index is 1.78. The summed E-state index contributed by atoms with van der Waals surface area (Å²) in [5, 5.41) is 5.40. The van der Waals surface area contributed by atoms with Gasteiger partial charge >= 0.3 is 0 Å². The molecule has 0 aliphatic carbocycles. The molecule has 6 heteroatoms. The first-order chi connectivity index (χ1) is 8.70. The molecule has 3 nitrogen and oxygen atoms in total. The van der Waals surface area contributed by atoms with Crippen LogP contribution in [0.2, 0.25) is 0 Å².